The standard InChI is InChI=1S/C26H30Br4O8/c1-11-21(27)19(22(28)12(2)25(11)37-9-17(33)7-35-15(5)31)20-23(29)13(3)26(14(4)24(20)30)38-10-18(34)8-36-16(6)32/h17-18,33-34H,7-10H2,1-6H3. The van der Waals surface area contributed by atoms with Gasteiger partial charge in [-0.1, -0.05) is 0 Å². The van der Waals surface area contributed by atoms with Crippen LogP contribution in [0.4, 0.5) is 0 Å². The van der Waals surface area contributed by atoms with Crippen molar-refractivity contribution in [3.05, 3.63) is 40.1 Å². The van der Waals surface area contributed by atoms with E-state index in [4.69, 9.17) is 18.9 Å². The molecular weight excluding hydrogens is 760 g/mol. The largest absolute Gasteiger partial charge is 0.490 e. The normalized spacial score (nSPS) is 12.6. The van der Waals surface area contributed by atoms with Crippen LogP contribution >= 0.6 is 63.7 Å². The molecule has 2 N–H and O–H groups in total. The molecule has 0 saturated heterocycles. The van der Waals surface area contributed by atoms with E-state index in [0.717, 1.165) is 51.3 Å². The van der Waals surface area contributed by atoms with E-state index in [2.05, 4.69) is 63.7 Å². The molecule has 0 saturated carbocycles. The van der Waals surface area contributed by atoms with Crippen molar-refractivity contribution in [2.24, 2.45) is 0 Å². The summed E-state index contributed by atoms with van der Waals surface area (Å²) < 4.78 is 24.7. The minimum absolute atomic E-state index is 0.0475. The number of carbonyl (C=O) groups excluding carboxylic acids is 2. The second-order valence-electron chi connectivity index (χ2n) is 8.70. The van der Waals surface area contributed by atoms with Crippen LogP contribution in [0.1, 0.15) is 36.1 Å². The van der Waals surface area contributed by atoms with Gasteiger partial charge in [-0.2, -0.15) is 0 Å². The van der Waals surface area contributed by atoms with E-state index in [1.807, 2.05) is 27.7 Å². The number of rotatable bonds is 11. The molecular formula is C26H30Br4O8. The molecule has 0 aliphatic rings. The summed E-state index contributed by atoms with van der Waals surface area (Å²) in [5.41, 5.74) is 5.04. The van der Waals surface area contributed by atoms with Crippen molar-refractivity contribution in [1.29, 1.82) is 0 Å². The summed E-state index contributed by atoms with van der Waals surface area (Å²) in [6.45, 7) is 9.79. The molecule has 38 heavy (non-hydrogen) atoms. The number of hydrogen-bond donors (Lipinski definition) is 2. The SMILES string of the molecule is CC(=O)OCC(O)COc1c(C)c(Br)c(-c2c(Br)c(C)c(OCC(O)COC(C)=O)c(C)c2Br)c(Br)c1C. The van der Waals surface area contributed by atoms with Gasteiger partial charge in [0.15, 0.2) is 0 Å². The predicted molar refractivity (Wildman–Crippen MR) is 158 cm³/mol. The van der Waals surface area contributed by atoms with Crippen molar-refractivity contribution >= 4 is 75.7 Å². The Morgan fingerprint density at radius 1 is 0.605 bits per heavy atom. The number of hydrogen-bond acceptors (Lipinski definition) is 8. The topological polar surface area (TPSA) is 112 Å². The molecule has 0 heterocycles. The van der Waals surface area contributed by atoms with E-state index in [1.165, 1.54) is 13.8 Å². The molecule has 0 amide bonds. The van der Waals surface area contributed by atoms with Crippen LogP contribution in [0.3, 0.4) is 0 Å². The zero-order valence-electron chi connectivity index (χ0n) is 21.8. The van der Waals surface area contributed by atoms with Crippen LogP contribution in [0.15, 0.2) is 17.9 Å². The molecule has 210 valence electrons. The van der Waals surface area contributed by atoms with Crippen molar-refractivity contribution in [3.63, 3.8) is 0 Å². The average Bonchev–Trinajstić information content (AvgIpc) is 2.85. The maximum atomic E-state index is 11.0. The van der Waals surface area contributed by atoms with Crippen LogP contribution < -0.4 is 9.47 Å². The lowest BCUT2D eigenvalue weighted by Crippen LogP contribution is -2.25. The number of carbonyl (C=O) groups is 2. The predicted octanol–water partition coefficient (Wildman–Crippen LogP) is 6.24. The minimum atomic E-state index is -0.969. The summed E-state index contributed by atoms with van der Waals surface area (Å²) >= 11 is 14.9. The molecule has 2 unspecified atom stereocenters. The maximum absolute atomic E-state index is 11.0. The maximum Gasteiger partial charge on any atom is 0.302 e. The summed E-state index contributed by atoms with van der Waals surface area (Å²) in [5, 5.41) is 20.2. The molecule has 0 fully saturated rings. The minimum Gasteiger partial charge on any atom is -0.490 e. The molecule has 2 rings (SSSR count). The third-order valence-electron chi connectivity index (χ3n) is 5.61. The Morgan fingerprint density at radius 2 is 0.868 bits per heavy atom. The number of esters is 2. The molecule has 0 aliphatic carbocycles. The molecule has 0 spiro atoms. The lowest BCUT2D eigenvalue weighted by Gasteiger charge is -2.24. The third kappa shape index (κ3) is 7.94. The number of ether oxygens (including phenoxy) is 4. The zero-order valence-corrected chi connectivity index (χ0v) is 28.2. The first-order chi connectivity index (χ1) is 17.7. The molecule has 2 aromatic rings. The van der Waals surface area contributed by atoms with Crippen LogP contribution in [-0.4, -0.2) is 60.8 Å². The van der Waals surface area contributed by atoms with Crippen LogP contribution in [0, 0.1) is 27.7 Å². The van der Waals surface area contributed by atoms with E-state index in [-0.39, 0.29) is 26.4 Å². The first-order valence-electron chi connectivity index (χ1n) is 11.5. The van der Waals surface area contributed by atoms with E-state index < -0.39 is 24.1 Å². The first kappa shape index (κ1) is 33.0. The van der Waals surface area contributed by atoms with Crippen molar-refractivity contribution in [2.45, 2.75) is 53.8 Å². The Balaban J connectivity index is 2.45. The second-order valence-corrected chi connectivity index (χ2v) is 11.9. The number of halogens is 4. The average molecular weight is 790 g/mol. The van der Waals surface area contributed by atoms with E-state index >= 15 is 0 Å². The van der Waals surface area contributed by atoms with Gasteiger partial charge in [-0.3, -0.25) is 9.59 Å². The van der Waals surface area contributed by atoms with Gasteiger partial charge >= 0.3 is 11.9 Å². The van der Waals surface area contributed by atoms with Gasteiger partial charge in [-0.05, 0) is 91.4 Å². The van der Waals surface area contributed by atoms with Gasteiger partial charge in [0.25, 0.3) is 0 Å². The Hall–Kier alpha value is -1.18. The number of aliphatic hydroxyl groups excluding tert-OH is 2. The van der Waals surface area contributed by atoms with Gasteiger partial charge in [0, 0.05) is 65.1 Å². The monoisotopic (exact) mass is 786 g/mol. The molecule has 0 bridgehead atoms. The van der Waals surface area contributed by atoms with Crippen LogP contribution in [0.2, 0.25) is 0 Å². The van der Waals surface area contributed by atoms with Gasteiger partial charge in [0.2, 0.25) is 0 Å². The zero-order chi connectivity index (χ0) is 28.9. The van der Waals surface area contributed by atoms with Crippen LogP contribution in [-0.2, 0) is 19.1 Å². The fraction of sp³-hybridized carbons (Fsp3) is 0.462. The van der Waals surface area contributed by atoms with E-state index in [9.17, 15) is 19.8 Å². The first-order valence-corrected chi connectivity index (χ1v) is 14.7. The highest BCUT2D eigenvalue weighted by atomic mass is 79.9. The summed E-state index contributed by atoms with van der Waals surface area (Å²) in [4.78, 5) is 22.0. The van der Waals surface area contributed by atoms with Gasteiger partial charge in [0.1, 0.15) is 50.1 Å². The third-order valence-corrected chi connectivity index (χ3v) is 9.57. The van der Waals surface area contributed by atoms with Gasteiger partial charge in [0.05, 0.1) is 0 Å². The number of benzene rings is 2. The highest BCUT2D eigenvalue weighted by Gasteiger charge is 2.27. The van der Waals surface area contributed by atoms with Crippen LogP contribution in [0.5, 0.6) is 11.5 Å². The van der Waals surface area contributed by atoms with Crippen LogP contribution in [0.25, 0.3) is 11.1 Å². The Morgan fingerprint density at radius 3 is 1.11 bits per heavy atom. The van der Waals surface area contributed by atoms with Gasteiger partial charge in [-0.25, -0.2) is 0 Å². The van der Waals surface area contributed by atoms with Gasteiger partial charge in [-0.15, -0.1) is 0 Å². The smallest absolute Gasteiger partial charge is 0.302 e. The summed E-state index contributed by atoms with van der Waals surface area (Å²) in [6, 6.07) is 0. The highest BCUT2D eigenvalue weighted by molar-refractivity contribution is 9.11. The number of aliphatic hydroxyl groups is 2. The van der Waals surface area contributed by atoms with E-state index in [0.29, 0.717) is 11.5 Å². The fourth-order valence-corrected chi connectivity index (χ4v) is 6.50. The molecule has 0 radical (unpaired) electrons. The highest BCUT2D eigenvalue weighted by Crippen LogP contribution is 2.52. The summed E-state index contributed by atoms with van der Waals surface area (Å²) in [5.74, 6) is 0.249. The fourth-order valence-electron chi connectivity index (χ4n) is 3.66. The quantitative estimate of drug-likeness (QED) is 0.258. The summed E-state index contributed by atoms with van der Waals surface area (Å²) in [7, 11) is 0. The summed E-state index contributed by atoms with van der Waals surface area (Å²) in [6.07, 6.45) is -1.94. The molecule has 12 heteroatoms. The Bertz CT molecular complexity index is 1060. The molecule has 2 aromatic carbocycles. The Labute approximate surface area is 255 Å². The lowest BCUT2D eigenvalue weighted by atomic mass is 9.96. The van der Waals surface area contributed by atoms with Gasteiger partial charge < -0.3 is 29.2 Å². The molecule has 0 aromatic heterocycles. The van der Waals surface area contributed by atoms with Crippen molar-refractivity contribution < 1.29 is 38.7 Å². The van der Waals surface area contributed by atoms with E-state index in [1.54, 1.807) is 0 Å². The Kier molecular flexibility index (Phi) is 12.6. The molecule has 8 nitrogen and oxygen atoms in total. The van der Waals surface area contributed by atoms with Crippen molar-refractivity contribution in [2.75, 3.05) is 26.4 Å². The van der Waals surface area contributed by atoms with Crippen molar-refractivity contribution in [1.82, 2.24) is 0 Å². The lowest BCUT2D eigenvalue weighted by molar-refractivity contribution is -0.145. The molecule has 0 aliphatic heterocycles. The second kappa shape index (κ2) is 14.5. The van der Waals surface area contributed by atoms with Crippen molar-refractivity contribution in [3.8, 4) is 22.6 Å². The molecule has 2 atom stereocenters.